The lowest BCUT2D eigenvalue weighted by Crippen LogP contribution is -2.44. The number of likely N-dealkylation sites (N-methyl/N-ethyl adjacent to an activating group) is 1. The Morgan fingerprint density at radius 2 is 1.75 bits per heavy atom. The molecule has 1 amide bonds. The van der Waals surface area contributed by atoms with Crippen molar-refractivity contribution in [2.24, 2.45) is 7.05 Å². The first-order valence-electron chi connectivity index (χ1n) is 13.9. The molecule has 6 rings (SSSR count). The molecular weight excluding hydrogens is 573 g/mol. The third-order valence-corrected chi connectivity index (χ3v) is 7.47. The number of piperazine rings is 1. The number of carbonyl (C=O) groups excluding carboxylic acids is 1. The summed E-state index contributed by atoms with van der Waals surface area (Å²) in [6, 6.07) is 13.8. The number of carbonyl (C=O) groups is 1. The number of nitrogens with zero attached hydrogens (tertiary/aromatic N) is 7. The van der Waals surface area contributed by atoms with Crippen LogP contribution in [0.5, 0.6) is 11.6 Å². The monoisotopic (exact) mass is 602 g/mol. The Hall–Kier alpha value is -4.88. The van der Waals surface area contributed by atoms with Gasteiger partial charge in [0.1, 0.15) is 11.1 Å². The number of rotatable bonds is 7. The van der Waals surface area contributed by atoms with E-state index in [1.54, 1.807) is 60.7 Å². The molecule has 13 heteroatoms. The van der Waals surface area contributed by atoms with E-state index in [1.807, 2.05) is 11.9 Å². The molecule has 0 spiro atoms. The van der Waals surface area contributed by atoms with E-state index >= 15 is 0 Å². The highest BCUT2D eigenvalue weighted by molar-refractivity contribution is 6.04. The van der Waals surface area contributed by atoms with Crippen molar-refractivity contribution >= 4 is 22.6 Å². The Morgan fingerprint density at radius 1 is 0.977 bits per heavy atom. The number of hydrogen-bond donors (Lipinski definition) is 1. The molecule has 3 aromatic heterocycles. The molecule has 0 unspecified atom stereocenters. The first kappa shape index (κ1) is 29.2. The van der Waals surface area contributed by atoms with Crippen molar-refractivity contribution in [3.8, 4) is 23.0 Å². The maximum absolute atomic E-state index is 14.0. The van der Waals surface area contributed by atoms with Crippen LogP contribution in [0.15, 0.2) is 73.2 Å². The summed E-state index contributed by atoms with van der Waals surface area (Å²) >= 11 is 0. The topological polar surface area (TPSA) is 101 Å². The maximum atomic E-state index is 14.0. The molecule has 4 heterocycles. The van der Waals surface area contributed by atoms with Crippen LogP contribution in [0.25, 0.3) is 22.4 Å². The molecule has 1 fully saturated rings. The van der Waals surface area contributed by atoms with Gasteiger partial charge in [0.2, 0.25) is 5.88 Å². The summed E-state index contributed by atoms with van der Waals surface area (Å²) in [6.07, 6.45) is 0.283. The highest BCUT2D eigenvalue weighted by Crippen LogP contribution is 2.35. The highest BCUT2D eigenvalue weighted by atomic mass is 19.4. The van der Waals surface area contributed by atoms with Gasteiger partial charge in [-0.1, -0.05) is 12.1 Å². The fourth-order valence-corrected chi connectivity index (χ4v) is 5.02. The summed E-state index contributed by atoms with van der Waals surface area (Å²) in [5.74, 6) is 0.366. The van der Waals surface area contributed by atoms with E-state index < -0.39 is 17.6 Å². The van der Waals surface area contributed by atoms with E-state index in [9.17, 15) is 18.0 Å². The van der Waals surface area contributed by atoms with Crippen LogP contribution in [0.4, 0.5) is 18.9 Å². The molecular formula is C31H29F3N8O2. The molecule has 0 aliphatic carbocycles. The van der Waals surface area contributed by atoms with Crippen LogP contribution in [-0.2, 0) is 19.8 Å². The third-order valence-electron chi connectivity index (χ3n) is 7.47. The Morgan fingerprint density at radius 3 is 2.50 bits per heavy atom. The molecule has 1 saturated heterocycles. The lowest BCUT2D eigenvalue weighted by molar-refractivity contribution is -0.138. The van der Waals surface area contributed by atoms with Crippen LogP contribution in [0.1, 0.15) is 21.5 Å². The largest absolute Gasteiger partial charge is 0.438 e. The minimum absolute atomic E-state index is 0.0469. The summed E-state index contributed by atoms with van der Waals surface area (Å²) in [5, 5.41) is 7.43. The van der Waals surface area contributed by atoms with E-state index in [4.69, 9.17) is 4.74 Å². The first-order valence-corrected chi connectivity index (χ1v) is 13.9. The maximum Gasteiger partial charge on any atom is 0.416 e. The van der Waals surface area contributed by atoms with E-state index in [0.29, 0.717) is 35.7 Å². The number of aryl methyl sites for hydroxylation is 1. The van der Waals surface area contributed by atoms with Gasteiger partial charge in [0.25, 0.3) is 5.91 Å². The number of hydrogen-bond acceptors (Lipinski definition) is 8. The van der Waals surface area contributed by atoms with Crippen LogP contribution in [0, 0.1) is 0 Å². The molecule has 0 radical (unpaired) electrons. The number of nitrogens with one attached hydrogen (secondary N) is 1. The minimum atomic E-state index is -4.57. The second-order valence-electron chi connectivity index (χ2n) is 10.6. The average Bonchev–Trinajstić information content (AvgIpc) is 3.39. The van der Waals surface area contributed by atoms with Crippen LogP contribution in [0.2, 0.25) is 0 Å². The van der Waals surface area contributed by atoms with Gasteiger partial charge in [-0.3, -0.25) is 19.4 Å². The van der Waals surface area contributed by atoms with Crippen molar-refractivity contribution < 1.29 is 22.7 Å². The molecule has 0 saturated carbocycles. The first-order chi connectivity index (χ1) is 21.1. The predicted octanol–water partition coefficient (Wildman–Crippen LogP) is 5.24. The molecule has 2 aromatic carbocycles. The Bertz CT molecular complexity index is 1800. The Balaban J connectivity index is 1.22. The normalized spacial score (nSPS) is 14.6. The van der Waals surface area contributed by atoms with Crippen molar-refractivity contribution in [2.75, 3.05) is 38.5 Å². The van der Waals surface area contributed by atoms with Gasteiger partial charge in [0.15, 0.2) is 11.5 Å². The second-order valence-corrected chi connectivity index (χ2v) is 10.6. The lowest BCUT2D eigenvalue weighted by atomic mass is 10.0. The molecule has 0 atom stereocenters. The smallest absolute Gasteiger partial charge is 0.416 e. The zero-order chi connectivity index (χ0) is 30.8. The number of fused-ring (bicyclic) bond motifs is 1. The van der Waals surface area contributed by atoms with Gasteiger partial charge < -0.3 is 15.0 Å². The standard InChI is InChI=1S/C31H29F3N8O2/c1-40-12-14-42(15-13-40)19-22-6-7-23(17-26(22)31(32,33)34)37-29(43)21-4-3-5-24(16-21)44-30-25-18-36-41(2)28(25)38-27(39-30)20-8-10-35-11-9-20/h3-11,16-18H,12-15,19H2,1-2H3,(H,37,43). The fraction of sp³-hybridized carbons (Fsp3) is 0.258. The molecule has 1 aliphatic rings. The number of halogens is 3. The van der Waals surface area contributed by atoms with Gasteiger partial charge in [-0.05, 0) is 55.1 Å². The summed E-state index contributed by atoms with van der Waals surface area (Å²) < 4.78 is 49.8. The number of aromatic nitrogens is 5. The highest BCUT2D eigenvalue weighted by Gasteiger charge is 2.34. The van der Waals surface area contributed by atoms with E-state index in [2.05, 4.69) is 30.3 Å². The molecule has 10 nitrogen and oxygen atoms in total. The number of pyridine rings is 1. The lowest BCUT2D eigenvalue weighted by Gasteiger charge is -2.33. The average molecular weight is 603 g/mol. The van der Waals surface area contributed by atoms with Gasteiger partial charge >= 0.3 is 6.18 Å². The molecule has 226 valence electrons. The third kappa shape index (κ3) is 6.38. The van der Waals surface area contributed by atoms with Gasteiger partial charge in [-0.2, -0.15) is 23.3 Å². The summed E-state index contributed by atoms with van der Waals surface area (Å²) in [7, 11) is 3.75. The van der Waals surface area contributed by atoms with Crippen molar-refractivity contribution in [3.05, 3.63) is 89.9 Å². The second kappa shape index (κ2) is 12.0. The van der Waals surface area contributed by atoms with E-state index in [-0.39, 0.29) is 29.2 Å². The number of anilines is 1. The summed E-state index contributed by atoms with van der Waals surface area (Å²) in [6.45, 7) is 3.17. The van der Waals surface area contributed by atoms with E-state index in [0.717, 1.165) is 24.7 Å². The SMILES string of the molecule is CN1CCN(Cc2ccc(NC(=O)c3cccc(Oc4nc(-c5ccncc5)nc5c4cnn5C)c3)cc2C(F)(F)F)CC1. The molecule has 44 heavy (non-hydrogen) atoms. The van der Waals surface area contributed by atoms with E-state index in [1.165, 1.54) is 18.2 Å². The predicted molar refractivity (Wildman–Crippen MR) is 158 cm³/mol. The van der Waals surface area contributed by atoms with Crippen LogP contribution in [-0.4, -0.2) is 73.7 Å². The molecule has 1 aliphatic heterocycles. The van der Waals surface area contributed by atoms with Crippen molar-refractivity contribution in [2.45, 2.75) is 12.7 Å². The van der Waals surface area contributed by atoms with Gasteiger partial charge in [-0.15, -0.1) is 0 Å². The number of amides is 1. The fourth-order valence-electron chi connectivity index (χ4n) is 5.02. The van der Waals surface area contributed by atoms with Crippen molar-refractivity contribution in [1.29, 1.82) is 0 Å². The zero-order valence-corrected chi connectivity index (χ0v) is 24.0. The number of alkyl halides is 3. The van der Waals surface area contributed by atoms with Gasteiger partial charge in [-0.25, -0.2) is 4.98 Å². The van der Waals surface area contributed by atoms with Crippen molar-refractivity contribution in [1.82, 2.24) is 34.5 Å². The summed E-state index contributed by atoms with van der Waals surface area (Å²) in [5.41, 5.74) is 0.934. The van der Waals surface area contributed by atoms with Gasteiger partial charge in [0.05, 0.1) is 11.8 Å². The minimum Gasteiger partial charge on any atom is -0.438 e. The molecule has 0 bridgehead atoms. The zero-order valence-electron chi connectivity index (χ0n) is 24.0. The van der Waals surface area contributed by atoms with Crippen molar-refractivity contribution in [3.63, 3.8) is 0 Å². The Labute approximate surface area is 251 Å². The van der Waals surface area contributed by atoms with Crippen LogP contribution in [0.3, 0.4) is 0 Å². The van der Waals surface area contributed by atoms with Gasteiger partial charge in [0, 0.05) is 69.0 Å². The molecule has 1 N–H and O–H groups in total. The molecule has 5 aromatic rings. The van der Waals surface area contributed by atoms with Crippen LogP contribution < -0.4 is 10.1 Å². The number of ether oxygens (including phenoxy) is 1. The summed E-state index contributed by atoms with van der Waals surface area (Å²) in [4.78, 5) is 30.5. The quantitative estimate of drug-likeness (QED) is 0.270. The van der Waals surface area contributed by atoms with Crippen LogP contribution >= 0.6 is 0 Å². The Kier molecular flexibility index (Phi) is 7.97. The number of benzene rings is 2.